The van der Waals surface area contributed by atoms with Crippen LogP contribution in [0, 0.1) is 5.92 Å². The lowest BCUT2D eigenvalue weighted by atomic mass is 9.95. The van der Waals surface area contributed by atoms with E-state index in [9.17, 15) is 13.6 Å². The van der Waals surface area contributed by atoms with Gasteiger partial charge >= 0.3 is 6.61 Å². The van der Waals surface area contributed by atoms with Gasteiger partial charge in [0.15, 0.2) is 0 Å². The summed E-state index contributed by atoms with van der Waals surface area (Å²) in [6.07, 6.45) is 2.41. The van der Waals surface area contributed by atoms with Gasteiger partial charge in [-0.1, -0.05) is 42.5 Å². The molecule has 6 heteroatoms. The van der Waals surface area contributed by atoms with Crippen molar-refractivity contribution in [3.8, 4) is 5.75 Å². The summed E-state index contributed by atoms with van der Waals surface area (Å²) < 4.78 is 28.6. The van der Waals surface area contributed by atoms with Crippen molar-refractivity contribution in [1.82, 2.24) is 10.2 Å². The number of carbonyl (C=O) groups is 1. The van der Waals surface area contributed by atoms with Crippen LogP contribution in [0.25, 0.3) is 0 Å². The average molecular weight is 388 g/mol. The van der Waals surface area contributed by atoms with E-state index in [0.29, 0.717) is 13.0 Å². The Balaban J connectivity index is 1.35. The van der Waals surface area contributed by atoms with E-state index < -0.39 is 6.61 Å². The zero-order valence-electron chi connectivity index (χ0n) is 15.8. The third-order valence-corrected chi connectivity index (χ3v) is 5.07. The first-order valence-corrected chi connectivity index (χ1v) is 9.68. The van der Waals surface area contributed by atoms with Crippen molar-refractivity contribution in [1.29, 1.82) is 0 Å². The number of benzene rings is 2. The molecule has 1 heterocycles. The van der Waals surface area contributed by atoms with Gasteiger partial charge in [0.25, 0.3) is 0 Å². The van der Waals surface area contributed by atoms with Gasteiger partial charge in [0.05, 0.1) is 0 Å². The van der Waals surface area contributed by atoms with Crippen molar-refractivity contribution in [2.75, 3.05) is 19.6 Å². The Hall–Kier alpha value is -2.47. The van der Waals surface area contributed by atoms with Crippen molar-refractivity contribution in [3.63, 3.8) is 0 Å². The predicted molar refractivity (Wildman–Crippen MR) is 104 cm³/mol. The Labute approximate surface area is 164 Å². The number of hydrogen-bond donors (Lipinski definition) is 1. The Kier molecular flexibility index (Phi) is 7.37. The molecule has 1 amide bonds. The van der Waals surface area contributed by atoms with E-state index in [-0.39, 0.29) is 17.6 Å². The highest BCUT2D eigenvalue weighted by Crippen LogP contribution is 2.19. The molecule has 0 saturated carbocycles. The number of hydrogen-bond acceptors (Lipinski definition) is 3. The lowest BCUT2D eigenvalue weighted by molar-refractivity contribution is -0.126. The molecular formula is C22H26F2N2O2. The molecule has 1 N–H and O–H groups in total. The molecule has 28 heavy (non-hydrogen) atoms. The second-order valence-corrected chi connectivity index (χ2v) is 7.10. The molecule has 0 aliphatic carbocycles. The summed E-state index contributed by atoms with van der Waals surface area (Å²) >= 11 is 0. The summed E-state index contributed by atoms with van der Waals surface area (Å²) in [4.78, 5) is 14.8. The van der Waals surface area contributed by atoms with Gasteiger partial charge in [-0.15, -0.1) is 0 Å². The van der Waals surface area contributed by atoms with Crippen LogP contribution in [-0.4, -0.2) is 37.1 Å². The van der Waals surface area contributed by atoms with Crippen LogP contribution < -0.4 is 10.1 Å². The predicted octanol–water partition coefficient (Wildman–Crippen LogP) is 3.86. The lowest BCUT2D eigenvalue weighted by Gasteiger charge is -2.31. The van der Waals surface area contributed by atoms with Gasteiger partial charge in [0.2, 0.25) is 5.91 Å². The minimum absolute atomic E-state index is 0.0637. The molecule has 0 atom stereocenters. The Bertz CT molecular complexity index is 730. The van der Waals surface area contributed by atoms with Crippen LogP contribution in [0.15, 0.2) is 54.6 Å². The lowest BCUT2D eigenvalue weighted by Crippen LogP contribution is -2.40. The average Bonchev–Trinajstić information content (AvgIpc) is 2.70. The molecule has 0 unspecified atom stereocenters. The molecular weight excluding hydrogens is 362 g/mol. The van der Waals surface area contributed by atoms with Crippen LogP contribution in [0.3, 0.4) is 0 Å². The fourth-order valence-corrected chi connectivity index (χ4v) is 3.51. The Morgan fingerprint density at radius 1 is 1.04 bits per heavy atom. The van der Waals surface area contributed by atoms with Gasteiger partial charge < -0.3 is 10.1 Å². The molecule has 1 aliphatic heterocycles. The number of amides is 1. The molecule has 3 rings (SSSR count). The highest BCUT2D eigenvalue weighted by molar-refractivity contribution is 5.78. The molecule has 1 saturated heterocycles. The first-order chi connectivity index (χ1) is 13.6. The van der Waals surface area contributed by atoms with E-state index >= 15 is 0 Å². The SMILES string of the molecule is O=C(NCCc1ccc(OC(F)F)cc1)C1CCN(Cc2ccccc2)CC1. The number of likely N-dealkylation sites (tertiary alicyclic amines) is 1. The number of nitrogens with one attached hydrogen (secondary N) is 1. The zero-order chi connectivity index (χ0) is 19.8. The van der Waals surface area contributed by atoms with Crippen molar-refractivity contribution >= 4 is 5.91 Å². The molecule has 0 radical (unpaired) electrons. The van der Waals surface area contributed by atoms with E-state index in [1.807, 2.05) is 6.07 Å². The van der Waals surface area contributed by atoms with Crippen molar-refractivity contribution in [2.45, 2.75) is 32.4 Å². The summed E-state index contributed by atoms with van der Waals surface area (Å²) in [5, 5.41) is 3.00. The molecule has 0 aromatic heterocycles. The van der Waals surface area contributed by atoms with Gasteiger partial charge in [0, 0.05) is 19.0 Å². The van der Waals surface area contributed by atoms with E-state index in [2.05, 4.69) is 39.2 Å². The number of nitrogens with zero attached hydrogens (tertiary/aromatic N) is 1. The van der Waals surface area contributed by atoms with E-state index in [1.54, 1.807) is 12.1 Å². The van der Waals surface area contributed by atoms with Gasteiger partial charge in [-0.05, 0) is 55.6 Å². The smallest absolute Gasteiger partial charge is 0.387 e. The van der Waals surface area contributed by atoms with E-state index in [1.165, 1.54) is 17.7 Å². The molecule has 1 aliphatic rings. The van der Waals surface area contributed by atoms with Crippen LogP contribution in [-0.2, 0) is 17.8 Å². The maximum Gasteiger partial charge on any atom is 0.387 e. The first kappa shape index (κ1) is 20.3. The van der Waals surface area contributed by atoms with Crippen molar-refractivity contribution in [2.24, 2.45) is 5.92 Å². The molecule has 0 bridgehead atoms. The molecule has 2 aromatic rings. The largest absolute Gasteiger partial charge is 0.435 e. The second kappa shape index (κ2) is 10.2. The highest BCUT2D eigenvalue weighted by Gasteiger charge is 2.24. The molecule has 150 valence electrons. The number of ether oxygens (including phenoxy) is 1. The number of carbonyl (C=O) groups excluding carboxylic acids is 1. The normalized spacial score (nSPS) is 15.5. The monoisotopic (exact) mass is 388 g/mol. The third kappa shape index (κ3) is 6.30. The first-order valence-electron chi connectivity index (χ1n) is 9.68. The second-order valence-electron chi connectivity index (χ2n) is 7.10. The van der Waals surface area contributed by atoms with Crippen LogP contribution in [0.2, 0.25) is 0 Å². The highest BCUT2D eigenvalue weighted by atomic mass is 19.3. The van der Waals surface area contributed by atoms with Crippen LogP contribution >= 0.6 is 0 Å². The Morgan fingerprint density at radius 2 is 1.71 bits per heavy atom. The van der Waals surface area contributed by atoms with Crippen LogP contribution in [0.5, 0.6) is 5.75 Å². The van der Waals surface area contributed by atoms with Crippen LogP contribution in [0.4, 0.5) is 8.78 Å². The van der Waals surface area contributed by atoms with Gasteiger partial charge in [0.1, 0.15) is 5.75 Å². The Morgan fingerprint density at radius 3 is 2.36 bits per heavy atom. The number of piperidine rings is 1. The fourth-order valence-electron chi connectivity index (χ4n) is 3.51. The summed E-state index contributed by atoms with van der Waals surface area (Å²) in [6, 6.07) is 16.9. The summed E-state index contributed by atoms with van der Waals surface area (Å²) in [6.45, 7) is 0.514. The van der Waals surface area contributed by atoms with Gasteiger partial charge in [-0.3, -0.25) is 9.69 Å². The van der Waals surface area contributed by atoms with Crippen LogP contribution in [0.1, 0.15) is 24.0 Å². The zero-order valence-corrected chi connectivity index (χ0v) is 15.8. The standard InChI is InChI=1S/C22H26F2N2O2/c23-22(24)28-20-8-6-17(7-9-20)10-13-25-21(27)19-11-14-26(15-12-19)16-18-4-2-1-3-5-18/h1-9,19,22H,10-16H2,(H,25,27). The van der Waals surface area contributed by atoms with Gasteiger partial charge in [-0.25, -0.2) is 0 Å². The summed E-state index contributed by atoms with van der Waals surface area (Å²) in [7, 11) is 0. The molecule has 1 fully saturated rings. The van der Waals surface area contributed by atoms with Crippen molar-refractivity contribution < 1.29 is 18.3 Å². The number of halogens is 2. The quantitative estimate of drug-likeness (QED) is 0.747. The fraction of sp³-hybridized carbons (Fsp3) is 0.409. The molecule has 4 nitrogen and oxygen atoms in total. The molecule has 2 aromatic carbocycles. The summed E-state index contributed by atoms with van der Waals surface area (Å²) in [5.41, 5.74) is 2.27. The number of rotatable bonds is 8. The van der Waals surface area contributed by atoms with E-state index in [4.69, 9.17) is 0 Å². The topological polar surface area (TPSA) is 41.6 Å². The summed E-state index contributed by atoms with van der Waals surface area (Å²) in [5.74, 6) is 0.316. The maximum absolute atomic E-state index is 12.4. The molecule has 0 spiro atoms. The minimum atomic E-state index is -2.82. The maximum atomic E-state index is 12.4. The van der Waals surface area contributed by atoms with Crippen molar-refractivity contribution in [3.05, 3.63) is 65.7 Å². The van der Waals surface area contributed by atoms with Gasteiger partial charge in [-0.2, -0.15) is 8.78 Å². The van der Waals surface area contributed by atoms with E-state index in [0.717, 1.165) is 38.0 Å². The third-order valence-electron chi connectivity index (χ3n) is 5.07. The minimum Gasteiger partial charge on any atom is -0.435 e. The number of alkyl halides is 2.